The van der Waals surface area contributed by atoms with Crippen LogP contribution >= 0.6 is 24.0 Å². The van der Waals surface area contributed by atoms with Gasteiger partial charge < -0.3 is 9.32 Å². The molecule has 0 unspecified atom stereocenters. The number of likely N-dealkylation sites (N-methyl/N-ethyl adjacent to an activating group) is 1. The van der Waals surface area contributed by atoms with Crippen LogP contribution in [0.4, 0.5) is 0 Å². The Labute approximate surface area is 122 Å². The molecule has 1 aliphatic rings. The van der Waals surface area contributed by atoms with Crippen molar-refractivity contribution in [1.82, 2.24) is 9.80 Å². The fourth-order valence-electron chi connectivity index (χ4n) is 1.65. The average molecular weight is 296 g/mol. The third-order valence-electron chi connectivity index (χ3n) is 2.68. The van der Waals surface area contributed by atoms with Gasteiger partial charge in [0, 0.05) is 19.2 Å². The van der Waals surface area contributed by atoms with Crippen LogP contribution < -0.4 is 0 Å². The number of furan rings is 1. The van der Waals surface area contributed by atoms with Crippen molar-refractivity contribution < 1.29 is 9.21 Å². The first-order valence-corrected chi connectivity index (χ1v) is 7.16. The molecule has 0 aromatic carbocycles. The second-order valence-corrected chi connectivity index (χ2v) is 6.26. The molecule has 0 bridgehead atoms. The minimum atomic E-state index is -0.0362. The largest absolute Gasteiger partial charge is 0.462 e. The van der Waals surface area contributed by atoms with E-state index in [1.54, 1.807) is 11.0 Å². The van der Waals surface area contributed by atoms with Gasteiger partial charge in [-0.2, -0.15) is 0 Å². The van der Waals surface area contributed by atoms with Crippen molar-refractivity contribution in [2.24, 2.45) is 0 Å². The molecule has 0 atom stereocenters. The van der Waals surface area contributed by atoms with Crippen molar-refractivity contribution in [3.63, 3.8) is 0 Å². The van der Waals surface area contributed by atoms with E-state index in [0.717, 1.165) is 12.3 Å². The van der Waals surface area contributed by atoms with E-state index in [2.05, 4.69) is 0 Å². The molecule has 1 fully saturated rings. The smallest absolute Gasteiger partial charge is 0.266 e. The van der Waals surface area contributed by atoms with Gasteiger partial charge in [-0.3, -0.25) is 9.69 Å². The molecule has 102 valence electrons. The molecule has 2 rings (SSSR count). The summed E-state index contributed by atoms with van der Waals surface area (Å²) in [5.74, 6) is 1.48. The topological polar surface area (TPSA) is 36.7 Å². The van der Waals surface area contributed by atoms with Gasteiger partial charge in [-0.25, -0.2) is 0 Å². The number of thiocarbonyl (C=S) groups is 1. The summed E-state index contributed by atoms with van der Waals surface area (Å²) in [6, 6.07) is 3.72. The molecule has 19 heavy (non-hydrogen) atoms. The summed E-state index contributed by atoms with van der Waals surface area (Å²) in [4.78, 5) is 16.5. The highest BCUT2D eigenvalue weighted by atomic mass is 32.2. The monoisotopic (exact) mass is 296 g/mol. The molecule has 1 aromatic heterocycles. The number of nitrogens with zero attached hydrogens (tertiary/aromatic N) is 2. The first kappa shape index (κ1) is 14.3. The lowest BCUT2D eigenvalue weighted by Gasteiger charge is -2.17. The molecule has 2 heterocycles. The highest BCUT2D eigenvalue weighted by molar-refractivity contribution is 8.26. The van der Waals surface area contributed by atoms with Gasteiger partial charge in [-0.15, -0.1) is 0 Å². The second kappa shape index (κ2) is 5.90. The number of amides is 1. The fraction of sp³-hybridized carbons (Fsp3) is 0.385. The minimum Gasteiger partial charge on any atom is -0.462 e. The van der Waals surface area contributed by atoms with Crippen molar-refractivity contribution in [1.29, 1.82) is 0 Å². The summed E-state index contributed by atoms with van der Waals surface area (Å²) in [6.07, 6.45) is 1.75. The number of carbonyl (C=O) groups excluding carboxylic acids is 1. The van der Waals surface area contributed by atoms with Crippen molar-refractivity contribution in [3.8, 4) is 0 Å². The third kappa shape index (κ3) is 3.46. The first-order chi connectivity index (χ1) is 8.97. The van der Waals surface area contributed by atoms with E-state index in [0.29, 0.717) is 21.5 Å². The molecule has 0 N–H and O–H groups in total. The van der Waals surface area contributed by atoms with Crippen LogP contribution in [0.15, 0.2) is 21.5 Å². The summed E-state index contributed by atoms with van der Waals surface area (Å²) >= 11 is 6.57. The van der Waals surface area contributed by atoms with Gasteiger partial charge >= 0.3 is 0 Å². The van der Waals surface area contributed by atoms with E-state index < -0.39 is 0 Å². The summed E-state index contributed by atoms with van der Waals surface area (Å²) < 4.78 is 6.06. The number of carbonyl (C=O) groups is 1. The Bertz CT molecular complexity index is 535. The molecule has 1 aromatic rings. The Morgan fingerprint density at radius 2 is 2.21 bits per heavy atom. The van der Waals surface area contributed by atoms with Gasteiger partial charge in [-0.05, 0) is 33.2 Å². The lowest BCUT2D eigenvalue weighted by molar-refractivity contribution is -0.122. The highest BCUT2D eigenvalue weighted by Gasteiger charge is 2.31. The number of thioether (sulfide) groups is 1. The van der Waals surface area contributed by atoms with Gasteiger partial charge in [0.15, 0.2) is 0 Å². The standard InChI is InChI=1S/C13H16N2O2S2/c1-9-4-5-10(17-9)8-11-12(16)15(13(18)19-11)7-6-14(2)3/h4-5,8H,6-7H2,1-3H3. The van der Waals surface area contributed by atoms with Crippen molar-refractivity contribution in [2.75, 3.05) is 27.2 Å². The van der Waals surface area contributed by atoms with Crippen LogP contribution in [0.1, 0.15) is 11.5 Å². The summed E-state index contributed by atoms with van der Waals surface area (Å²) in [5, 5.41) is 0. The van der Waals surface area contributed by atoms with E-state index in [4.69, 9.17) is 16.6 Å². The van der Waals surface area contributed by atoms with E-state index in [1.807, 2.05) is 38.1 Å². The summed E-state index contributed by atoms with van der Waals surface area (Å²) in [6.45, 7) is 3.28. The van der Waals surface area contributed by atoms with Gasteiger partial charge in [0.2, 0.25) is 0 Å². The van der Waals surface area contributed by atoms with Gasteiger partial charge in [0.1, 0.15) is 15.8 Å². The van der Waals surface area contributed by atoms with Crippen molar-refractivity contribution in [2.45, 2.75) is 6.92 Å². The van der Waals surface area contributed by atoms with Crippen LogP contribution in [0.2, 0.25) is 0 Å². The average Bonchev–Trinajstić information content (AvgIpc) is 2.83. The minimum absolute atomic E-state index is 0.0362. The maximum atomic E-state index is 12.2. The lowest BCUT2D eigenvalue weighted by Crippen LogP contribution is -2.34. The van der Waals surface area contributed by atoms with E-state index in [1.165, 1.54) is 11.8 Å². The predicted molar refractivity (Wildman–Crippen MR) is 81.9 cm³/mol. The lowest BCUT2D eigenvalue weighted by atomic mass is 10.3. The molecule has 0 radical (unpaired) electrons. The maximum absolute atomic E-state index is 12.2. The van der Waals surface area contributed by atoms with E-state index in [-0.39, 0.29) is 5.91 Å². The molecule has 6 heteroatoms. The quantitative estimate of drug-likeness (QED) is 0.630. The molecule has 1 aliphatic heterocycles. The number of hydrogen-bond acceptors (Lipinski definition) is 5. The Hall–Kier alpha value is -1.11. The molecular formula is C13H16N2O2S2. The van der Waals surface area contributed by atoms with Crippen LogP contribution in [0, 0.1) is 6.92 Å². The Morgan fingerprint density at radius 1 is 1.47 bits per heavy atom. The number of hydrogen-bond donors (Lipinski definition) is 0. The Morgan fingerprint density at radius 3 is 2.79 bits per heavy atom. The SMILES string of the molecule is Cc1ccc(C=C2SC(=S)N(CCN(C)C)C2=O)o1. The summed E-state index contributed by atoms with van der Waals surface area (Å²) in [7, 11) is 3.94. The number of rotatable bonds is 4. The molecule has 0 aliphatic carbocycles. The van der Waals surface area contributed by atoms with Crippen molar-refractivity contribution >= 4 is 40.3 Å². The first-order valence-electron chi connectivity index (χ1n) is 5.94. The zero-order valence-electron chi connectivity index (χ0n) is 11.2. The predicted octanol–water partition coefficient (Wildman–Crippen LogP) is 2.35. The fourth-order valence-corrected chi connectivity index (χ4v) is 2.94. The second-order valence-electron chi connectivity index (χ2n) is 4.59. The van der Waals surface area contributed by atoms with Crippen LogP contribution in [0.5, 0.6) is 0 Å². The zero-order valence-corrected chi connectivity index (χ0v) is 12.8. The van der Waals surface area contributed by atoms with Gasteiger partial charge in [0.25, 0.3) is 5.91 Å². The maximum Gasteiger partial charge on any atom is 0.266 e. The molecular weight excluding hydrogens is 280 g/mol. The van der Waals surface area contributed by atoms with Crippen LogP contribution in [-0.4, -0.2) is 47.2 Å². The zero-order chi connectivity index (χ0) is 14.0. The van der Waals surface area contributed by atoms with E-state index >= 15 is 0 Å². The normalized spacial score (nSPS) is 18.1. The Balaban J connectivity index is 2.11. The molecule has 1 saturated heterocycles. The van der Waals surface area contributed by atoms with Gasteiger partial charge in [-0.1, -0.05) is 24.0 Å². The highest BCUT2D eigenvalue weighted by Crippen LogP contribution is 2.32. The summed E-state index contributed by atoms with van der Waals surface area (Å²) in [5.41, 5.74) is 0. The molecule has 0 saturated carbocycles. The van der Waals surface area contributed by atoms with Crippen LogP contribution in [0.3, 0.4) is 0 Å². The van der Waals surface area contributed by atoms with Crippen LogP contribution in [-0.2, 0) is 4.79 Å². The third-order valence-corrected chi connectivity index (χ3v) is 4.06. The van der Waals surface area contributed by atoms with Crippen molar-refractivity contribution in [3.05, 3.63) is 28.6 Å². The van der Waals surface area contributed by atoms with Crippen LogP contribution in [0.25, 0.3) is 6.08 Å². The molecule has 4 nitrogen and oxygen atoms in total. The molecule has 1 amide bonds. The van der Waals surface area contributed by atoms with Gasteiger partial charge in [0.05, 0.1) is 4.91 Å². The number of aryl methyl sites for hydroxylation is 1. The Kier molecular flexibility index (Phi) is 4.44. The molecule has 0 spiro atoms. The van der Waals surface area contributed by atoms with E-state index in [9.17, 15) is 4.79 Å².